The predicted octanol–water partition coefficient (Wildman–Crippen LogP) is 1.39. The van der Waals surface area contributed by atoms with E-state index in [2.05, 4.69) is 42.5 Å². The summed E-state index contributed by atoms with van der Waals surface area (Å²) in [5.41, 5.74) is 5.17. The van der Waals surface area contributed by atoms with Crippen LogP contribution >= 0.6 is 0 Å². The van der Waals surface area contributed by atoms with E-state index < -0.39 is 0 Å². The van der Waals surface area contributed by atoms with Gasteiger partial charge in [-0.2, -0.15) is 0 Å². The normalized spacial score (nSPS) is 12.1. The Hall–Kier alpha value is -1.30. The molecule has 1 aromatic rings. The van der Waals surface area contributed by atoms with Crippen molar-refractivity contribution in [3.8, 4) is 12.3 Å². The maximum atomic E-state index is 5.28. The molecule has 0 bridgehead atoms. The maximum absolute atomic E-state index is 5.28. The molecule has 1 unspecified atom stereocenters. The molecule has 14 heavy (non-hydrogen) atoms. The van der Waals surface area contributed by atoms with Gasteiger partial charge < -0.3 is 0 Å². The van der Waals surface area contributed by atoms with Crippen molar-refractivity contribution >= 4 is 0 Å². The summed E-state index contributed by atoms with van der Waals surface area (Å²) in [5, 5.41) is 0. The van der Waals surface area contributed by atoms with Crippen LogP contribution in [0.25, 0.3) is 0 Å². The van der Waals surface area contributed by atoms with Crippen molar-refractivity contribution in [3.05, 3.63) is 35.4 Å². The minimum atomic E-state index is -0.0312. The van der Waals surface area contributed by atoms with Crippen LogP contribution in [0, 0.1) is 19.3 Å². The van der Waals surface area contributed by atoms with Gasteiger partial charge >= 0.3 is 0 Å². The van der Waals surface area contributed by atoms with Crippen LogP contribution in [0.3, 0.4) is 0 Å². The molecule has 0 aliphatic heterocycles. The first-order valence-corrected chi connectivity index (χ1v) is 4.74. The van der Waals surface area contributed by atoms with Crippen molar-refractivity contribution in [1.29, 1.82) is 0 Å². The fraction of sp³-hybridized carbons (Fsp3) is 0.333. The van der Waals surface area contributed by atoms with Crippen LogP contribution in [-0.2, 0) is 6.42 Å². The van der Waals surface area contributed by atoms with Gasteiger partial charge in [-0.25, -0.2) is 5.43 Å². The van der Waals surface area contributed by atoms with Gasteiger partial charge in [0.25, 0.3) is 0 Å². The van der Waals surface area contributed by atoms with Gasteiger partial charge in [0.2, 0.25) is 0 Å². The van der Waals surface area contributed by atoms with Gasteiger partial charge in [0.1, 0.15) is 0 Å². The Morgan fingerprint density at radius 3 is 2.57 bits per heavy atom. The lowest BCUT2D eigenvalue weighted by Gasteiger charge is -2.08. The van der Waals surface area contributed by atoms with Crippen molar-refractivity contribution in [2.24, 2.45) is 5.84 Å². The van der Waals surface area contributed by atoms with Gasteiger partial charge in [0.05, 0.1) is 6.04 Å². The maximum Gasteiger partial charge on any atom is 0.0818 e. The number of hydrazine groups is 1. The molecule has 74 valence electrons. The third kappa shape index (κ3) is 3.21. The highest BCUT2D eigenvalue weighted by Crippen LogP contribution is 2.06. The number of nitrogens with one attached hydrogen (secondary N) is 1. The fourth-order valence-electron chi connectivity index (χ4n) is 1.28. The summed E-state index contributed by atoms with van der Waals surface area (Å²) in [7, 11) is 0. The average molecular weight is 188 g/mol. The minimum Gasteiger partial charge on any atom is -0.270 e. The summed E-state index contributed by atoms with van der Waals surface area (Å²) in [6.45, 7) is 2.08. The standard InChI is InChI=1S/C12H16N2/c1-3-12(14-13)9-8-11-6-4-10(2)5-7-11/h1,4-7,12,14H,8-9,13H2,2H3. The first kappa shape index (κ1) is 10.8. The van der Waals surface area contributed by atoms with Gasteiger partial charge in [-0.1, -0.05) is 35.7 Å². The summed E-state index contributed by atoms with van der Waals surface area (Å²) < 4.78 is 0. The lowest BCUT2D eigenvalue weighted by molar-refractivity contribution is 0.592. The molecule has 0 heterocycles. The number of rotatable bonds is 4. The van der Waals surface area contributed by atoms with E-state index >= 15 is 0 Å². The Balaban J connectivity index is 2.46. The smallest absolute Gasteiger partial charge is 0.0818 e. The van der Waals surface area contributed by atoms with Crippen molar-refractivity contribution < 1.29 is 0 Å². The summed E-state index contributed by atoms with van der Waals surface area (Å²) in [5.74, 6) is 7.88. The van der Waals surface area contributed by atoms with E-state index in [1.807, 2.05) is 0 Å². The van der Waals surface area contributed by atoms with Gasteiger partial charge in [-0.15, -0.1) is 6.42 Å². The van der Waals surface area contributed by atoms with E-state index in [0.29, 0.717) is 0 Å². The average Bonchev–Trinajstić information content (AvgIpc) is 2.22. The largest absolute Gasteiger partial charge is 0.270 e. The SMILES string of the molecule is C#CC(CCc1ccc(C)cc1)NN. The van der Waals surface area contributed by atoms with E-state index in [1.165, 1.54) is 11.1 Å². The molecule has 0 aliphatic rings. The molecular formula is C12H16N2. The Morgan fingerprint density at radius 1 is 1.43 bits per heavy atom. The lowest BCUT2D eigenvalue weighted by atomic mass is 10.0. The van der Waals surface area contributed by atoms with Crippen LogP contribution < -0.4 is 11.3 Å². The molecule has 3 N–H and O–H groups in total. The van der Waals surface area contributed by atoms with Crippen molar-refractivity contribution in [1.82, 2.24) is 5.43 Å². The first-order chi connectivity index (χ1) is 6.76. The van der Waals surface area contributed by atoms with E-state index in [1.54, 1.807) is 0 Å². The number of nitrogens with two attached hydrogens (primary N) is 1. The second kappa shape index (κ2) is 5.43. The van der Waals surface area contributed by atoms with Crippen molar-refractivity contribution in [2.45, 2.75) is 25.8 Å². The molecule has 0 radical (unpaired) electrons. The molecule has 0 aliphatic carbocycles. The molecule has 0 amide bonds. The molecule has 1 atom stereocenters. The van der Waals surface area contributed by atoms with E-state index in [9.17, 15) is 0 Å². The van der Waals surface area contributed by atoms with Gasteiger partial charge in [-0.3, -0.25) is 5.84 Å². The molecule has 2 heteroatoms. The van der Waals surface area contributed by atoms with Gasteiger partial charge in [0.15, 0.2) is 0 Å². The third-order valence-corrected chi connectivity index (χ3v) is 2.24. The molecule has 0 fully saturated rings. The molecule has 1 rings (SSSR count). The summed E-state index contributed by atoms with van der Waals surface area (Å²) in [6, 6.07) is 8.43. The zero-order valence-electron chi connectivity index (χ0n) is 8.46. The van der Waals surface area contributed by atoms with E-state index in [0.717, 1.165) is 12.8 Å². The Bertz CT molecular complexity index is 308. The van der Waals surface area contributed by atoms with Crippen molar-refractivity contribution in [2.75, 3.05) is 0 Å². The highest BCUT2D eigenvalue weighted by Gasteiger charge is 2.01. The molecule has 0 saturated heterocycles. The number of hydrogen-bond donors (Lipinski definition) is 2. The van der Waals surface area contributed by atoms with Crippen LogP contribution in [-0.4, -0.2) is 6.04 Å². The molecular weight excluding hydrogens is 172 g/mol. The van der Waals surface area contributed by atoms with Crippen LogP contribution in [0.4, 0.5) is 0 Å². The Kier molecular flexibility index (Phi) is 4.18. The van der Waals surface area contributed by atoms with Crippen molar-refractivity contribution in [3.63, 3.8) is 0 Å². The summed E-state index contributed by atoms with van der Waals surface area (Å²) in [6.07, 6.45) is 7.11. The minimum absolute atomic E-state index is 0.0312. The van der Waals surface area contributed by atoms with Gasteiger partial charge in [-0.05, 0) is 25.3 Å². The zero-order chi connectivity index (χ0) is 10.4. The fourth-order valence-corrected chi connectivity index (χ4v) is 1.28. The Labute approximate surface area is 85.5 Å². The lowest BCUT2D eigenvalue weighted by Crippen LogP contribution is -2.34. The number of benzene rings is 1. The van der Waals surface area contributed by atoms with Gasteiger partial charge in [0, 0.05) is 0 Å². The number of terminal acetylenes is 1. The second-order valence-corrected chi connectivity index (χ2v) is 3.41. The third-order valence-electron chi connectivity index (χ3n) is 2.24. The molecule has 0 spiro atoms. The highest BCUT2D eigenvalue weighted by atomic mass is 15.2. The quantitative estimate of drug-likeness (QED) is 0.426. The zero-order valence-corrected chi connectivity index (χ0v) is 8.46. The first-order valence-electron chi connectivity index (χ1n) is 4.74. The highest BCUT2D eigenvalue weighted by molar-refractivity contribution is 5.21. The monoisotopic (exact) mass is 188 g/mol. The second-order valence-electron chi connectivity index (χ2n) is 3.41. The molecule has 0 saturated carbocycles. The van der Waals surface area contributed by atoms with Crippen LogP contribution in [0.1, 0.15) is 17.5 Å². The van der Waals surface area contributed by atoms with Crippen LogP contribution in [0.5, 0.6) is 0 Å². The number of hydrogen-bond acceptors (Lipinski definition) is 2. The molecule has 2 nitrogen and oxygen atoms in total. The molecule has 1 aromatic carbocycles. The predicted molar refractivity (Wildman–Crippen MR) is 59.4 cm³/mol. The Morgan fingerprint density at radius 2 is 2.07 bits per heavy atom. The van der Waals surface area contributed by atoms with E-state index in [4.69, 9.17) is 12.3 Å². The van der Waals surface area contributed by atoms with E-state index in [-0.39, 0.29) is 6.04 Å². The topological polar surface area (TPSA) is 38.0 Å². The summed E-state index contributed by atoms with van der Waals surface area (Å²) >= 11 is 0. The molecule has 0 aromatic heterocycles. The summed E-state index contributed by atoms with van der Waals surface area (Å²) in [4.78, 5) is 0. The van der Waals surface area contributed by atoms with Crippen LogP contribution in [0.2, 0.25) is 0 Å². The van der Waals surface area contributed by atoms with Crippen LogP contribution in [0.15, 0.2) is 24.3 Å². The number of aryl methyl sites for hydroxylation is 2.